The largest absolute Gasteiger partial charge is 0.465 e. The Morgan fingerprint density at radius 3 is 2.22 bits per heavy atom. The van der Waals surface area contributed by atoms with Gasteiger partial charge in [0.25, 0.3) is 10.0 Å². The first-order valence-electron chi connectivity index (χ1n) is 17.1. The van der Waals surface area contributed by atoms with Crippen LogP contribution in [0.3, 0.4) is 0 Å². The van der Waals surface area contributed by atoms with Gasteiger partial charge in [0.05, 0.1) is 22.6 Å². The molecule has 0 fully saturated rings. The predicted octanol–water partition coefficient (Wildman–Crippen LogP) is 4.50. The molecule has 286 valence electrons. The van der Waals surface area contributed by atoms with Gasteiger partial charge in [-0.1, -0.05) is 78.3 Å². The fourth-order valence-corrected chi connectivity index (χ4v) is 8.37. The first-order chi connectivity index (χ1) is 25.7. The number of nitrogens with two attached hydrogens (primary N) is 1. The van der Waals surface area contributed by atoms with Crippen molar-refractivity contribution >= 4 is 55.2 Å². The van der Waals surface area contributed by atoms with Crippen LogP contribution in [0.15, 0.2) is 107 Å². The van der Waals surface area contributed by atoms with Crippen LogP contribution >= 0.6 is 11.6 Å². The predicted molar refractivity (Wildman–Crippen MR) is 202 cm³/mol. The highest BCUT2D eigenvalue weighted by Crippen LogP contribution is 2.35. The molecule has 0 aliphatic carbocycles. The zero-order valence-electron chi connectivity index (χ0n) is 29.6. The number of rotatable bonds is 15. The van der Waals surface area contributed by atoms with Gasteiger partial charge in [-0.05, 0) is 85.7 Å². The van der Waals surface area contributed by atoms with E-state index in [0.29, 0.717) is 36.0 Å². The van der Waals surface area contributed by atoms with Crippen LogP contribution in [-0.2, 0) is 63.4 Å². The molecule has 1 aliphatic heterocycles. The SMILES string of the molecule is CCOC(=O)[C@H](CCc1ccccc1)N[C@@H](C)C(=O)N1CCc2ccc(NS(=O)(=O)c3ccc(Cl)c(S(N)(=O)=O)c3)cc2C1C(=O)OCc1ccccc1. The number of esters is 2. The Morgan fingerprint density at radius 1 is 0.907 bits per heavy atom. The zero-order chi connectivity index (χ0) is 39.0. The van der Waals surface area contributed by atoms with E-state index < -0.39 is 65.8 Å². The molecule has 5 rings (SSSR count). The lowest BCUT2D eigenvalue weighted by Crippen LogP contribution is -2.54. The molecular weight excluding hydrogens is 756 g/mol. The summed E-state index contributed by atoms with van der Waals surface area (Å²) < 4.78 is 64.4. The van der Waals surface area contributed by atoms with Crippen LogP contribution in [0, 0.1) is 0 Å². The van der Waals surface area contributed by atoms with E-state index in [9.17, 15) is 31.2 Å². The Kier molecular flexibility index (Phi) is 13.1. The first kappa shape index (κ1) is 40.4. The third-order valence-corrected chi connectivity index (χ3v) is 11.6. The minimum atomic E-state index is -4.40. The van der Waals surface area contributed by atoms with Crippen molar-refractivity contribution in [1.82, 2.24) is 10.2 Å². The van der Waals surface area contributed by atoms with Crippen molar-refractivity contribution < 1.29 is 40.7 Å². The van der Waals surface area contributed by atoms with Gasteiger partial charge in [-0.2, -0.15) is 0 Å². The highest BCUT2D eigenvalue weighted by Gasteiger charge is 2.40. The number of hydrogen-bond donors (Lipinski definition) is 3. The van der Waals surface area contributed by atoms with Crippen LogP contribution in [0.5, 0.6) is 0 Å². The van der Waals surface area contributed by atoms with Gasteiger partial charge in [-0.3, -0.25) is 19.6 Å². The fourth-order valence-electron chi connectivity index (χ4n) is 6.15. The number of carbonyl (C=O) groups excluding carboxylic acids is 3. The topological polar surface area (TPSA) is 191 Å². The van der Waals surface area contributed by atoms with E-state index in [0.717, 1.165) is 23.8 Å². The molecule has 1 heterocycles. The summed E-state index contributed by atoms with van der Waals surface area (Å²) in [6.07, 6.45) is 1.22. The maximum absolute atomic E-state index is 14.2. The number of sulfonamides is 2. The van der Waals surface area contributed by atoms with Gasteiger partial charge in [0.2, 0.25) is 15.9 Å². The fraction of sp³-hybridized carbons (Fsp3) is 0.289. The van der Waals surface area contributed by atoms with Crippen molar-refractivity contribution in [2.45, 2.75) is 67.6 Å². The van der Waals surface area contributed by atoms with Crippen LogP contribution < -0.4 is 15.2 Å². The number of carbonyl (C=O) groups is 3. The van der Waals surface area contributed by atoms with Gasteiger partial charge < -0.3 is 14.4 Å². The number of nitrogens with zero attached hydrogens (tertiary/aromatic N) is 1. The number of nitrogens with one attached hydrogen (secondary N) is 2. The van der Waals surface area contributed by atoms with Crippen molar-refractivity contribution in [3.05, 3.63) is 124 Å². The van der Waals surface area contributed by atoms with Crippen LogP contribution in [0.2, 0.25) is 5.02 Å². The number of fused-ring (bicyclic) bond motifs is 1. The molecule has 0 aromatic heterocycles. The molecule has 4 aromatic rings. The number of benzene rings is 4. The second-order valence-corrected chi connectivity index (χ2v) is 16.3. The number of aryl methyl sites for hydroxylation is 1. The Balaban J connectivity index is 1.44. The molecule has 0 radical (unpaired) electrons. The van der Waals surface area contributed by atoms with Gasteiger partial charge in [0.15, 0.2) is 6.04 Å². The molecule has 4 N–H and O–H groups in total. The Morgan fingerprint density at radius 2 is 1.57 bits per heavy atom. The Labute approximate surface area is 319 Å². The minimum Gasteiger partial charge on any atom is -0.465 e. The summed E-state index contributed by atoms with van der Waals surface area (Å²) in [5.74, 6) is -1.74. The van der Waals surface area contributed by atoms with Gasteiger partial charge in [0.1, 0.15) is 17.5 Å². The van der Waals surface area contributed by atoms with Crippen molar-refractivity contribution in [3.63, 3.8) is 0 Å². The summed E-state index contributed by atoms with van der Waals surface area (Å²) in [6.45, 7) is 3.50. The Hall–Kier alpha value is -4.80. The summed E-state index contributed by atoms with van der Waals surface area (Å²) >= 11 is 5.96. The van der Waals surface area contributed by atoms with E-state index >= 15 is 0 Å². The molecule has 4 aromatic carbocycles. The van der Waals surface area contributed by atoms with Crippen LogP contribution in [-0.4, -0.2) is 64.8 Å². The van der Waals surface area contributed by atoms with Crippen molar-refractivity contribution in [3.8, 4) is 0 Å². The van der Waals surface area contributed by atoms with E-state index in [1.54, 1.807) is 44.2 Å². The zero-order valence-corrected chi connectivity index (χ0v) is 32.0. The van der Waals surface area contributed by atoms with Gasteiger partial charge in [-0.15, -0.1) is 0 Å². The van der Waals surface area contributed by atoms with Gasteiger partial charge in [0, 0.05) is 12.2 Å². The van der Waals surface area contributed by atoms with Crippen molar-refractivity contribution in [2.24, 2.45) is 5.14 Å². The molecule has 1 amide bonds. The first-order valence-corrected chi connectivity index (χ1v) is 20.5. The number of anilines is 1. The molecule has 13 nitrogen and oxygen atoms in total. The van der Waals surface area contributed by atoms with Crippen molar-refractivity contribution in [2.75, 3.05) is 17.9 Å². The summed E-state index contributed by atoms with van der Waals surface area (Å²) in [6, 6.07) is 23.2. The lowest BCUT2D eigenvalue weighted by molar-refractivity contribution is -0.158. The van der Waals surface area contributed by atoms with E-state index in [1.165, 1.54) is 17.0 Å². The normalized spacial score (nSPS) is 15.4. The van der Waals surface area contributed by atoms with E-state index in [4.69, 9.17) is 26.2 Å². The number of ether oxygens (including phenoxy) is 2. The standard InChI is InChI=1S/C38H41ClN4O9S2/c1-3-51-37(45)33(19-14-26-10-6-4-7-11-26)41-25(2)36(44)43-21-20-28-15-16-29(22-31(28)35(43)38(46)52-24-27-12-8-5-9-13-27)42-54(49,50)30-17-18-32(39)34(23-30)53(40,47)48/h4-13,15-18,22-23,25,33,35,41-42H,3,14,19-21,24H2,1-2H3,(H2,40,47,48)/t25-,33-,35?/m0/s1. The molecule has 3 atom stereocenters. The smallest absolute Gasteiger partial charge is 0.333 e. The highest BCUT2D eigenvalue weighted by atomic mass is 35.5. The third kappa shape index (κ3) is 10.0. The number of primary sulfonamides is 1. The molecule has 1 unspecified atom stereocenters. The quantitative estimate of drug-likeness (QED) is 0.144. The number of amides is 1. The van der Waals surface area contributed by atoms with E-state index in [2.05, 4.69) is 10.0 Å². The third-order valence-electron chi connectivity index (χ3n) is 8.83. The molecule has 0 saturated carbocycles. The summed E-state index contributed by atoms with van der Waals surface area (Å²) in [7, 11) is -8.74. The van der Waals surface area contributed by atoms with E-state index in [1.807, 2.05) is 36.4 Å². The van der Waals surface area contributed by atoms with Crippen LogP contribution in [0.1, 0.15) is 48.6 Å². The van der Waals surface area contributed by atoms with Crippen LogP contribution in [0.4, 0.5) is 5.69 Å². The summed E-state index contributed by atoms with van der Waals surface area (Å²) in [5, 5.41) is 8.10. The maximum atomic E-state index is 14.2. The lowest BCUT2D eigenvalue weighted by Gasteiger charge is -2.38. The average molecular weight is 797 g/mol. The summed E-state index contributed by atoms with van der Waals surface area (Å²) in [4.78, 5) is 41.6. The molecule has 0 saturated heterocycles. The van der Waals surface area contributed by atoms with Gasteiger partial charge in [-0.25, -0.2) is 26.8 Å². The molecular formula is C38H41ClN4O9S2. The lowest BCUT2D eigenvalue weighted by atomic mass is 9.91. The summed E-state index contributed by atoms with van der Waals surface area (Å²) in [5.41, 5.74) is 2.76. The molecule has 1 aliphatic rings. The average Bonchev–Trinajstić information content (AvgIpc) is 3.15. The van der Waals surface area contributed by atoms with Crippen LogP contribution in [0.25, 0.3) is 0 Å². The Bertz CT molecular complexity index is 2210. The monoisotopic (exact) mass is 796 g/mol. The van der Waals surface area contributed by atoms with Gasteiger partial charge >= 0.3 is 11.9 Å². The molecule has 0 bridgehead atoms. The molecule has 54 heavy (non-hydrogen) atoms. The molecule has 0 spiro atoms. The second kappa shape index (κ2) is 17.6. The number of halogens is 1. The maximum Gasteiger partial charge on any atom is 0.333 e. The van der Waals surface area contributed by atoms with Crippen molar-refractivity contribution in [1.29, 1.82) is 0 Å². The minimum absolute atomic E-state index is 0.0328. The van der Waals surface area contributed by atoms with E-state index in [-0.39, 0.29) is 30.5 Å². The molecule has 16 heteroatoms. The number of hydrogen-bond acceptors (Lipinski definition) is 10. The highest BCUT2D eigenvalue weighted by molar-refractivity contribution is 7.93. The second-order valence-electron chi connectivity index (χ2n) is 12.7.